The average Bonchev–Trinajstić information content (AvgIpc) is 2.54. The summed E-state index contributed by atoms with van der Waals surface area (Å²) in [6.45, 7) is 1.66. The number of rotatable bonds is 4. The predicted molar refractivity (Wildman–Crippen MR) is 98.5 cm³/mol. The van der Waals surface area contributed by atoms with Crippen LogP contribution in [-0.4, -0.2) is 16.1 Å². The third-order valence-corrected chi connectivity index (χ3v) is 4.58. The van der Waals surface area contributed by atoms with Crippen LogP contribution in [0.3, 0.4) is 0 Å². The first-order valence-electron chi connectivity index (χ1n) is 6.88. The number of carbonyl (C=O) groups excluding carboxylic acids is 1. The first-order chi connectivity index (χ1) is 11.8. The van der Waals surface area contributed by atoms with Gasteiger partial charge < -0.3 is 11.1 Å². The minimum atomic E-state index is -0.579. The van der Waals surface area contributed by atoms with Crippen molar-refractivity contribution < 1.29 is 4.79 Å². The highest BCUT2D eigenvalue weighted by Crippen LogP contribution is 2.29. The van der Waals surface area contributed by atoms with Gasteiger partial charge in [-0.25, -0.2) is 4.98 Å². The molecule has 9 heteroatoms. The van der Waals surface area contributed by atoms with E-state index in [0.717, 1.165) is 11.8 Å². The van der Waals surface area contributed by atoms with Gasteiger partial charge in [-0.2, -0.15) is 10.5 Å². The van der Waals surface area contributed by atoms with Gasteiger partial charge in [-0.15, -0.1) is 0 Å². The number of thioether (sulfide) groups is 1. The van der Waals surface area contributed by atoms with E-state index in [9.17, 15) is 10.1 Å². The minimum Gasteiger partial charge on any atom is -0.383 e. The molecule has 0 fully saturated rings. The van der Waals surface area contributed by atoms with Crippen molar-refractivity contribution in [3.8, 4) is 12.1 Å². The van der Waals surface area contributed by atoms with E-state index < -0.39 is 5.25 Å². The molecule has 0 aliphatic rings. The zero-order valence-corrected chi connectivity index (χ0v) is 15.2. The summed E-state index contributed by atoms with van der Waals surface area (Å²) in [5.41, 5.74) is 6.44. The normalized spacial score (nSPS) is 11.2. The lowest BCUT2D eigenvalue weighted by molar-refractivity contribution is -0.115. The highest BCUT2D eigenvalue weighted by Gasteiger charge is 2.19. The summed E-state index contributed by atoms with van der Waals surface area (Å²) >= 11 is 12.9. The molecule has 126 valence electrons. The number of halogens is 2. The van der Waals surface area contributed by atoms with E-state index in [1.807, 2.05) is 12.1 Å². The zero-order valence-electron chi connectivity index (χ0n) is 12.9. The van der Waals surface area contributed by atoms with Crippen LogP contribution in [0.15, 0.2) is 29.3 Å². The van der Waals surface area contributed by atoms with Crippen LogP contribution in [0.5, 0.6) is 0 Å². The number of nitrogens with one attached hydrogen (secondary N) is 1. The van der Waals surface area contributed by atoms with Crippen molar-refractivity contribution in [1.29, 1.82) is 10.5 Å². The number of nitrogens with two attached hydrogens (primary N) is 1. The third-order valence-electron chi connectivity index (χ3n) is 3.05. The van der Waals surface area contributed by atoms with Gasteiger partial charge in [0.1, 0.15) is 23.0 Å². The average molecular weight is 392 g/mol. The van der Waals surface area contributed by atoms with Crippen LogP contribution in [0.25, 0.3) is 0 Å². The number of aromatic nitrogens is 1. The molecule has 0 saturated heterocycles. The number of hydrogen-bond donors (Lipinski definition) is 2. The van der Waals surface area contributed by atoms with E-state index in [2.05, 4.69) is 10.3 Å². The number of benzene rings is 1. The van der Waals surface area contributed by atoms with Gasteiger partial charge in [0, 0.05) is 15.7 Å². The van der Waals surface area contributed by atoms with Crippen molar-refractivity contribution in [3.63, 3.8) is 0 Å². The number of nitriles is 2. The summed E-state index contributed by atoms with van der Waals surface area (Å²) in [5, 5.41) is 21.3. The number of anilines is 2. The van der Waals surface area contributed by atoms with Crippen molar-refractivity contribution in [2.75, 3.05) is 11.1 Å². The van der Waals surface area contributed by atoms with E-state index >= 15 is 0 Å². The number of pyridine rings is 1. The Bertz CT molecular complexity index is 900. The summed E-state index contributed by atoms with van der Waals surface area (Å²) in [5.74, 6) is -0.310. The van der Waals surface area contributed by atoms with Crippen molar-refractivity contribution in [3.05, 3.63) is 45.4 Å². The fraction of sp³-hybridized carbons (Fsp3) is 0.125. The maximum Gasteiger partial charge on any atom is 0.237 e. The molecule has 1 heterocycles. The lowest BCUT2D eigenvalue weighted by Gasteiger charge is -2.13. The second-order valence-corrected chi connectivity index (χ2v) is 7.11. The molecule has 3 N–H and O–H groups in total. The highest BCUT2D eigenvalue weighted by atomic mass is 35.5. The molecule has 1 amide bonds. The first-order valence-corrected chi connectivity index (χ1v) is 8.52. The number of amides is 1. The fourth-order valence-corrected chi connectivity index (χ4v) is 3.27. The molecular formula is C16H11Cl2N5OS. The topological polar surface area (TPSA) is 116 Å². The van der Waals surface area contributed by atoms with Gasteiger partial charge in [0.15, 0.2) is 0 Å². The number of hydrogen-bond acceptors (Lipinski definition) is 6. The molecule has 0 aliphatic heterocycles. The smallest absolute Gasteiger partial charge is 0.237 e. The monoisotopic (exact) mass is 391 g/mol. The molecule has 1 aromatic heterocycles. The molecule has 1 atom stereocenters. The molecule has 25 heavy (non-hydrogen) atoms. The SMILES string of the molecule is C[C@H](Sc1nc(N)c(C#N)cc1C#N)C(=O)Nc1cc(Cl)cc(Cl)c1. The summed E-state index contributed by atoms with van der Waals surface area (Å²) < 4.78 is 0. The maximum atomic E-state index is 12.3. The Kier molecular flexibility index (Phi) is 6.11. The molecule has 6 nitrogen and oxygen atoms in total. The Balaban J connectivity index is 2.18. The van der Waals surface area contributed by atoms with Crippen LogP contribution >= 0.6 is 35.0 Å². The van der Waals surface area contributed by atoms with Gasteiger partial charge in [0.05, 0.1) is 16.4 Å². The lowest BCUT2D eigenvalue weighted by Crippen LogP contribution is -2.22. The van der Waals surface area contributed by atoms with E-state index in [1.54, 1.807) is 25.1 Å². The number of nitrogen functional groups attached to an aromatic ring is 1. The quantitative estimate of drug-likeness (QED) is 0.764. The van der Waals surface area contributed by atoms with Crippen LogP contribution in [0.2, 0.25) is 10.0 Å². The number of nitrogens with zero attached hydrogens (tertiary/aromatic N) is 3. The Morgan fingerprint density at radius 1 is 1.20 bits per heavy atom. The van der Waals surface area contributed by atoms with Gasteiger partial charge >= 0.3 is 0 Å². The van der Waals surface area contributed by atoms with Gasteiger partial charge in [0.2, 0.25) is 5.91 Å². The molecule has 2 rings (SSSR count). The van der Waals surface area contributed by atoms with Crippen molar-refractivity contribution >= 4 is 52.4 Å². The second kappa shape index (κ2) is 8.09. The van der Waals surface area contributed by atoms with Crippen LogP contribution in [-0.2, 0) is 4.79 Å². The van der Waals surface area contributed by atoms with Crippen molar-refractivity contribution in [2.45, 2.75) is 17.2 Å². The molecule has 0 spiro atoms. The molecule has 0 unspecified atom stereocenters. The third kappa shape index (κ3) is 4.77. The van der Waals surface area contributed by atoms with Crippen LogP contribution < -0.4 is 11.1 Å². The molecule has 1 aromatic carbocycles. The molecule has 0 aliphatic carbocycles. The summed E-state index contributed by atoms with van der Waals surface area (Å²) in [6.07, 6.45) is 0. The molecule has 2 aromatic rings. The minimum absolute atomic E-state index is 0.0123. The molecule has 0 saturated carbocycles. The summed E-state index contributed by atoms with van der Waals surface area (Å²) in [7, 11) is 0. The Hall–Kier alpha value is -2.45. The van der Waals surface area contributed by atoms with E-state index in [1.165, 1.54) is 6.07 Å². The van der Waals surface area contributed by atoms with E-state index in [0.29, 0.717) is 15.7 Å². The Morgan fingerprint density at radius 2 is 1.80 bits per heavy atom. The van der Waals surface area contributed by atoms with Crippen LogP contribution in [0, 0.1) is 22.7 Å². The second-order valence-electron chi connectivity index (χ2n) is 4.90. The zero-order chi connectivity index (χ0) is 18.6. The van der Waals surface area contributed by atoms with Gasteiger partial charge in [-0.3, -0.25) is 4.79 Å². The van der Waals surface area contributed by atoms with Gasteiger partial charge in [-0.05, 0) is 31.2 Å². The van der Waals surface area contributed by atoms with E-state index in [4.69, 9.17) is 34.2 Å². The van der Waals surface area contributed by atoms with E-state index in [-0.39, 0.29) is 27.9 Å². The van der Waals surface area contributed by atoms with Gasteiger partial charge in [-0.1, -0.05) is 35.0 Å². The Labute approximate surface area is 158 Å². The summed E-state index contributed by atoms with van der Waals surface area (Å²) in [4.78, 5) is 16.4. The fourth-order valence-electron chi connectivity index (χ4n) is 1.86. The molecule has 0 bridgehead atoms. The maximum absolute atomic E-state index is 12.3. The number of carbonyl (C=O) groups is 1. The van der Waals surface area contributed by atoms with Crippen molar-refractivity contribution in [2.24, 2.45) is 0 Å². The van der Waals surface area contributed by atoms with Crippen LogP contribution in [0.4, 0.5) is 11.5 Å². The standard InChI is InChI=1S/C16H11Cl2N5OS/c1-8(15(24)22-13-4-11(17)3-12(18)5-13)25-16-10(7-20)2-9(6-19)14(21)23-16/h2-5,8H,1H3,(H2,21,23)(H,22,24)/t8-/m0/s1. The van der Waals surface area contributed by atoms with Crippen LogP contribution in [0.1, 0.15) is 18.1 Å². The lowest BCUT2D eigenvalue weighted by atomic mass is 10.2. The molecular weight excluding hydrogens is 381 g/mol. The highest BCUT2D eigenvalue weighted by molar-refractivity contribution is 8.00. The largest absolute Gasteiger partial charge is 0.383 e. The first kappa shape index (κ1) is 18.9. The summed E-state index contributed by atoms with van der Waals surface area (Å²) in [6, 6.07) is 9.86. The Morgan fingerprint density at radius 3 is 2.36 bits per heavy atom. The van der Waals surface area contributed by atoms with Gasteiger partial charge in [0.25, 0.3) is 0 Å². The van der Waals surface area contributed by atoms with Crippen molar-refractivity contribution in [1.82, 2.24) is 4.98 Å². The molecule has 0 radical (unpaired) electrons. The predicted octanol–water partition coefficient (Wildman–Crippen LogP) is 3.83.